The van der Waals surface area contributed by atoms with Crippen molar-refractivity contribution in [2.45, 2.75) is 25.4 Å². The molecule has 84 valence electrons. The molecule has 1 heterocycles. The van der Waals surface area contributed by atoms with Crippen LogP contribution in [-0.2, 0) is 0 Å². The Labute approximate surface area is 92.5 Å². The lowest BCUT2D eigenvalue weighted by molar-refractivity contribution is 0.173. The molecule has 1 unspecified atom stereocenters. The molecule has 0 saturated carbocycles. The first kappa shape index (κ1) is 12.1. The van der Waals surface area contributed by atoms with Crippen LogP contribution in [0.4, 0.5) is 0 Å². The molecule has 0 saturated heterocycles. The summed E-state index contributed by atoms with van der Waals surface area (Å²) in [4.78, 5) is 6.63. The topological polar surface area (TPSA) is 28.2 Å². The second-order valence-electron chi connectivity index (χ2n) is 4.59. The Kier molecular flexibility index (Phi) is 3.83. The summed E-state index contributed by atoms with van der Waals surface area (Å²) in [6.07, 6.45) is 1.84. The molecule has 0 aliphatic heterocycles. The quantitative estimate of drug-likeness (QED) is 0.814. The highest BCUT2D eigenvalue weighted by Crippen LogP contribution is 2.27. The Hall–Kier alpha value is -0.930. The van der Waals surface area contributed by atoms with Crippen LogP contribution in [0.25, 0.3) is 0 Å². The predicted molar refractivity (Wildman–Crippen MR) is 63.8 cm³/mol. The van der Waals surface area contributed by atoms with E-state index in [1.165, 1.54) is 0 Å². The van der Waals surface area contributed by atoms with Gasteiger partial charge < -0.3 is 5.32 Å². The predicted octanol–water partition coefficient (Wildman–Crippen LogP) is 1.68. The van der Waals surface area contributed by atoms with Crippen LogP contribution in [-0.4, -0.2) is 36.6 Å². The molecule has 0 bridgehead atoms. The zero-order valence-corrected chi connectivity index (χ0v) is 10.3. The molecule has 0 aliphatic carbocycles. The first-order valence-corrected chi connectivity index (χ1v) is 5.25. The van der Waals surface area contributed by atoms with Gasteiger partial charge in [0.05, 0.1) is 11.7 Å². The summed E-state index contributed by atoms with van der Waals surface area (Å²) in [5.41, 5.74) is 1.10. The van der Waals surface area contributed by atoms with Crippen LogP contribution in [0.2, 0.25) is 0 Å². The molecule has 1 aromatic heterocycles. The van der Waals surface area contributed by atoms with Crippen molar-refractivity contribution in [1.82, 2.24) is 15.2 Å². The van der Waals surface area contributed by atoms with Gasteiger partial charge in [-0.2, -0.15) is 0 Å². The third-order valence-electron chi connectivity index (χ3n) is 2.81. The smallest absolute Gasteiger partial charge is 0.0694 e. The first-order chi connectivity index (χ1) is 6.99. The Morgan fingerprint density at radius 2 is 2.00 bits per heavy atom. The summed E-state index contributed by atoms with van der Waals surface area (Å²) >= 11 is 0. The second kappa shape index (κ2) is 4.73. The van der Waals surface area contributed by atoms with Gasteiger partial charge >= 0.3 is 0 Å². The standard InChI is InChI=1S/C12H21N3/c1-12(2,13-3)11(15(4)5)10-8-6-7-9-14-10/h6-9,11,13H,1-5H3. The van der Waals surface area contributed by atoms with Crippen molar-refractivity contribution in [3.63, 3.8) is 0 Å². The molecule has 15 heavy (non-hydrogen) atoms. The van der Waals surface area contributed by atoms with Gasteiger partial charge in [-0.15, -0.1) is 0 Å². The van der Waals surface area contributed by atoms with Crippen LogP contribution in [0.3, 0.4) is 0 Å². The van der Waals surface area contributed by atoms with Crippen molar-refractivity contribution >= 4 is 0 Å². The summed E-state index contributed by atoms with van der Waals surface area (Å²) < 4.78 is 0. The lowest BCUT2D eigenvalue weighted by atomic mass is 9.91. The average Bonchev–Trinajstić information content (AvgIpc) is 2.18. The van der Waals surface area contributed by atoms with E-state index in [0.29, 0.717) is 0 Å². The largest absolute Gasteiger partial charge is 0.313 e. The molecule has 0 aliphatic rings. The van der Waals surface area contributed by atoms with Crippen molar-refractivity contribution in [2.24, 2.45) is 0 Å². The van der Waals surface area contributed by atoms with Crippen LogP contribution in [0.15, 0.2) is 24.4 Å². The monoisotopic (exact) mass is 207 g/mol. The maximum absolute atomic E-state index is 4.43. The minimum Gasteiger partial charge on any atom is -0.313 e. The maximum Gasteiger partial charge on any atom is 0.0694 e. The molecule has 1 rings (SSSR count). The van der Waals surface area contributed by atoms with Crippen LogP contribution in [0.1, 0.15) is 25.6 Å². The van der Waals surface area contributed by atoms with E-state index in [1.807, 2.05) is 25.4 Å². The average molecular weight is 207 g/mol. The number of rotatable bonds is 4. The highest BCUT2D eigenvalue weighted by molar-refractivity contribution is 5.14. The fourth-order valence-electron chi connectivity index (χ4n) is 1.95. The van der Waals surface area contributed by atoms with Gasteiger partial charge in [0.15, 0.2) is 0 Å². The summed E-state index contributed by atoms with van der Waals surface area (Å²) in [6.45, 7) is 4.37. The SMILES string of the molecule is CNC(C)(C)C(c1ccccn1)N(C)C. The molecule has 0 spiro atoms. The third-order valence-corrected chi connectivity index (χ3v) is 2.81. The number of nitrogens with one attached hydrogen (secondary N) is 1. The van der Waals surface area contributed by atoms with Crippen molar-refractivity contribution in [3.8, 4) is 0 Å². The number of aromatic nitrogens is 1. The third kappa shape index (κ3) is 2.76. The van der Waals surface area contributed by atoms with E-state index >= 15 is 0 Å². The van der Waals surface area contributed by atoms with E-state index in [1.54, 1.807) is 0 Å². The number of pyridine rings is 1. The lowest BCUT2D eigenvalue weighted by Crippen LogP contribution is -2.48. The highest BCUT2D eigenvalue weighted by atomic mass is 15.2. The van der Waals surface area contributed by atoms with E-state index < -0.39 is 0 Å². The molecule has 0 amide bonds. The number of hydrogen-bond donors (Lipinski definition) is 1. The van der Waals surface area contributed by atoms with E-state index in [2.05, 4.69) is 49.2 Å². The lowest BCUT2D eigenvalue weighted by Gasteiger charge is -2.38. The second-order valence-corrected chi connectivity index (χ2v) is 4.59. The number of hydrogen-bond acceptors (Lipinski definition) is 3. The molecule has 0 radical (unpaired) electrons. The van der Waals surface area contributed by atoms with Gasteiger partial charge in [0.1, 0.15) is 0 Å². The van der Waals surface area contributed by atoms with Crippen molar-refractivity contribution in [3.05, 3.63) is 30.1 Å². The minimum atomic E-state index is -0.00213. The Bertz CT molecular complexity index is 293. The van der Waals surface area contributed by atoms with E-state index in [4.69, 9.17) is 0 Å². The van der Waals surface area contributed by atoms with E-state index in [0.717, 1.165) is 5.69 Å². The summed E-state index contributed by atoms with van der Waals surface area (Å²) in [5, 5.41) is 3.34. The van der Waals surface area contributed by atoms with Crippen LogP contribution < -0.4 is 5.32 Å². The number of likely N-dealkylation sites (N-methyl/N-ethyl adjacent to an activating group) is 2. The molecule has 1 N–H and O–H groups in total. The van der Waals surface area contributed by atoms with Gasteiger partial charge in [-0.25, -0.2) is 0 Å². The van der Waals surface area contributed by atoms with Crippen molar-refractivity contribution in [1.29, 1.82) is 0 Å². The molecule has 1 aromatic rings. The fraction of sp³-hybridized carbons (Fsp3) is 0.583. The Morgan fingerprint density at radius 1 is 1.33 bits per heavy atom. The molecule has 1 atom stereocenters. The van der Waals surface area contributed by atoms with Gasteiger partial charge in [0, 0.05) is 11.7 Å². The van der Waals surface area contributed by atoms with Crippen LogP contribution in [0.5, 0.6) is 0 Å². The van der Waals surface area contributed by atoms with Crippen LogP contribution in [0, 0.1) is 0 Å². The molecular formula is C12H21N3. The van der Waals surface area contributed by atoms with Gasteiger partial charge in [0.25, 0.3) is 0 Å². The van der Waals surface area contributed by atoms with Gasteiger partial charge in [-0.3, -0.25) is 9.88 Å². The summed E-state index contributed by atoms with van der Waals surface area (Å²) in [6, 6.07) is 6.32. The molecular weight excluding hydrogens is 186 g/mol. The Balaban J connectivity index is 3.04. The summed E-state index contributed by atoms with van der Waals surface area (Å²) in [7, 11) is 6.15. The Morgan fingerprint density at radius 3 is 2.40 bits per heavy atom. The van der Waals surface area contributed by atoms with Crippen molar-refractivity contribution < 1.29 is 0 Å². The first-order valence-electron chi connectivity index (χ1n) is 5.25. The zero-order valence-electron chi connectivity index (χ0n) is 10.3. The summed E-state index contributed by atoms with van der Waals surface area (Å²) in [5.74, 6) is 0. The fourth-order valence-corrected chi connectivity index (χ4v) is 1.95. The van der Waals surface area contributed by atoms with Crippen LogP contribution >= 0.6 is 0 Å². The van der Waals surface area contributed by atoms with E-state index in [-0.39, 0.29) is 11.6 Å². The van der Waals surface area contributed by atoms with Gasteiger partial charge in [-0.1, -0.05) is 6.07 Å². The zero-order chi connectivity index (χ0) is 11.5. The minimum absolute atomic E-state index is 0.00213. The highest BCUT2D eigenvalue weighted by Gasteiger charge is 2.31. The molecule has 3 nitrogen and oxygen atoms in total. The molecule has 3 heteroatoms. The molecule has 0 fully saturated rings. The van der Waals surface area contributed by atoms with E-state index in [9.17, 15) is 0 Å². The van der Waals surface area contributed by atoms with Gasteiger partial charge in [0.2, 0.25) is 0 Å². The molecule has 0 aromatic carbocycles. The normalized spacial score (nSPS) is 14.3. The van der Waals surface area contributed by atoms with Gasteiger partial charge in [-0.05, 0) is 47.1 Å². The van der Waals surface area contributed by atoms with Crippen molar-refractivity contribution in [2.75, 3.05) is 21.1 Å². The maximum atomic E-state index is 4.43. The number of nitrogens with zero attached hydrogens (tertiary/aromatic N) is 2.